The fourth-order valence-electron chi connectivity index (χ4n) is 1.83. The fraction of sp³-hybridized carbons (Fsp3) is 0.545. The summed E-state index contributed by atoms with van der Waals surface area (Å²) in [6.07, 6.45) is 0.475. The molecule has 0 radical (unpaired) electrons. The van der Waals surface area contributed by atoms with Gasteiger partial charge in [-0.1, -0.05) is 11.8 Å². The number of piperazine rings is 1. The average Bonchev–Trinajstić information content (AvgIpc) is 2.38. The lowest BCUT2D eigenvalue weighted by molar-refractivity contribution is -0.131. The number of nitrogens with one attached hydrogen (secondary N) is 1. The minimum Gasteiger partial charge on any atom is -0.383 e. The number of carbonyl (C=O) groups is 1. The normalized spacial score (nSPS) is 15.5. The Bertz CT molecular complexity index is 429. The molecule has 0 atom stereocenters. The number of nitrogen functional groups attached to an aromatic ring is 2. The predicted molar refractivity (Wildman–Crippen MR) is 75.6 cm³/mol. The van der Waals surface area contributed by atoms with Crippen molar-refractivity contribution >= 4 is 29.3 Å². The van der Waals surface area contributed by atoms with Gasteiger partial charge in [-0.15, -0.1) is 0 Å². The highest BCUT2D eigenvalue weighted by atomic mass is 32.2. The zero-order chi connectivity index (χ0) is 13.7. The molecule has 0 bridgehead atoms. The van der Waals surface area contributed by atoms with E-state index in [2.05, 4.69) is 15.3 Å². The molecule has 1 saturated heterocycles. The smallest absolute Gasteiger partial charge is 0.223 e. The number of anilines is 2. The number of nitrogens with zero attached hydrogens (tertiary/aromatic N) is 3. The number of carbonyl (C=O) groups excluding carboxylic acids is 1. The number of aromatic nitrogens is 2. The molecule has 1 aliphatic rings. The summed E-state index contributed by atoms with van der Waals surface area (Å²) in [7, 11) is 0. The lowest BCUT2D eigenvalue weighted by atomic mass is 10.3. The van der Waals surface area contributed by atoms with Gasteiger partial charge in [0.05, 0.1) is 0 Å². The van der Waals surface area contributed by atoms with Crippen LogP contribution in [-0.2, 0) is 4.79 Å². The van der Waals surface area contributed by atoms with Crippen molar-refractivity contribution in [1.82, 2.24) is 20.2 Å². The van der Waals surface area contributed by atoms with Crippen molar-refractivity contribution in [2.75, 3.05) is 43.4 Å². The average molecular weight is 282 g/mol. The molecule has 1 fully saturated rings. The number of rotatable bonds is 4. The predicted octanol–water partition coefficient (Wildman–Crippen LogP) is -0.445. The summed E-state index contributed by atoms with van der Waals surface area (Å²) in [6, 6.07) is 1.51. The van der Waals surface area contributed by atoms with Crippen molar-refractivity contribution in [3.63, 3.8) is 0 Å². The molecule has 2 heterocycles. The molecular formula is C11H18N6OS. The Balaban J connectivity index is 1.77. The molecule has 0 spiro atoms. The van der Waals surface area contributed by atoms with Crippen molar-refractivity contribution < 1.29 is 4.79 Å². The van der Waals surface area contributed by atoms with Gasteiger partial charge in [-0.3, -0.25) is 4.79 Å². The number of hydrogen-bond acceptors (Lipinski definition) is 7. The Morgan fingerprint density at radius 1 is 1.32 bits per heavy atom. The second kappa shape index (κ2) is 6.58. The zero-order valence-electron chi connectivity index (χ0n) is 10.6. The molecule has 1 amide bonds. The van der Waals surface area contributed by atoms with Crippen LogP contribution in [0.1, 0.15) is 6.42 Å². The first kappa shape index (κ1) is 13.9. The molecule has 104 valence electrons. The van der Waals surface area contributed by atoms with E-state index in [1.54, 1.807) is 0 Å². The summed E-state index contributed by atoms with van der Waals surface area (Å²) in [6.45, 7) is 3.30. The molecule has 1 aromatic rings. The molecule has 7 nitrogen and oxygen atoms in total. The molecule has 19 heavy (non-hydrogen) atoms. The molecule has 0 aromatic carbocycles. The molecule has 0 aliphatic carbocycles. The van der Waals surface area contributed by atoms with Crippen LogP contribution in [0.3, 0.4) is 0 Å². The second-order valence-electron chi connectivity index (χ2n) is 4.23. The number of thioether (sulfide) groups is 1. The van der Waals surface area contributed by atoms with Gasteiger partial charge in [0.2, 0.25) is 5.91 Å². The standard InChI is InChI=1S/C11H18N6OS/c12-8-7-9(13)16-11(15-8)19-6-1-10(18)17-4-2-14-3-5-17/h7,14H,1-6H2,(H4,12,13,15,16). The van der Waals surface area contributed by atoms with E-state index >= 15 is 0 Å². The van der Waals surface area contributed by atoms with Crippen LogP contribution < -0.4 is 16.8 Å². The summed E-state index contributed by atoms with van der Waals surface area (Å²) in [5.41, 5.74) is 11.2. The maximum atomic E-state index is 11.9. The highest BCUT2D eigenvalue weighted by Crippen LogP contribution is 2.17. The van der Waals surface area contributed by atoms with Crippen LogP contribution in [0.4, 0.5) is 11.6 Å². The topological polar surface area (TPSA) is 110 Å². The minimum atomic E-state index is 0.172. The molecule has 2 rings (SSSR count). The van der Waals surface area contributed by atoms with Crippen LogP contribution in [0.2, 0.25) is 0 Å². The minimum absolute atomic E-state index is 0.172. The Hall–Kier alpha value is -1.54. The Morgan fingerprint density at radius 2 is 1.95 bits per heavy atom. The lowest BCUT2D eigenvalue weighted by Gasteiger charge is -2.27. The molecule has 1 aliphatic heterocycles. The van der Waals surface area contributed by atoms with E-state index in [0.717, 1.165) is 26.2 Å². The highest BCUT2D eigenvalue weighted by Gasteiger charge is 2.15. The molecule has 0 saturated carbocycles. The fourth-order valence-corrected chi connectivity index (χ4v) is 2.63. The van der Waals surface area contributed by atoms with Crippen LogP contribution in [0, 0.1) is 0 Å². The molecule has 1 aromatic heterocycles. The van der Waals surface area contributed by atoms with Gasteiger partial charge in [0.15, 0.2) is 5.16 Å². The molecule has 8 heteroatoms. The third-order valence-electron chi connectivity index (χ3n) is 2.76. The molecule has 5 N–H and O–H groups in total. The number of amides is 1. The lowest BCUT2D eigenvalue weighted by Crippen LogP contribution is -2.46. The van der Waals surface area contributed by atoms with Crippen molar-refractivity contribution in [1.29, 1.82) is 0 Å². The van der Waals surface area contributed by atoms with E-state index in [0.29, 0.717) is 29.0 Å². The third-order valence-corrected chi connectivity index (χ3v) is 3.61. The summed E-state index contributed by atoms with van der Waals surface area (Å²) in [4.78, 5) is 21.9. The second-order valence-corrected chi connectivity index (χ2v) is 5.29. The first-order valence-corrected chi connectivity index (χ1v) is 7.15. The Kier molecular flexibility index (Phi) is 4.80. The first-order valence-electron chi connectivity index (χ1n) is 6.16. The van der Waals surface area contributed by atoms with Gasteiger partial charge in [-0.2, -0.15) is 0 Å². The van der Waals surface area contributed by atoms with Crippen molar-refractivity contribution in [2.24, 2.45) is 0 Å². The van der Waals surface area contributed by atoms with Crippen LogP contribution in [0.25, 0.3) is 0 Å². The van der Waals surface area contributed by atoms with Crippen molar-refractivity contribution in [3.05, 3.63) is 6.07 Å². The van der Waals surface area contributed by atoms with E-state index in [9.17, 15) is 4.79 Å². The van der Waals surface area contributed by atoms with Gasteiger partial charge in [0.1, 0.15) is 11.6 Å². The number of hydrogen-bond donors (Lipinski definition) is 3. The van der Waals surface area contributed by atoms with Crippen LogP contribution in [0.5, 0.6) is 0 Å². The van der Waals surface area contributed by atoms with E-state index in [1.807, 2.05) is 4.90 Å². The summed E-state index contributed by atoms with van der Waals surface area (Å²) >= 11 is 1.40. The van der Waals surface area contributed by atoms with E-state index in [1.165, 1.54) is 17.8 Å². The van der Waals surface area contributed by atoms with Gasteiger partial charge >= 0.3 is 0 Å². The van der Waals surface area contributed by atoms with Crippen molar-refractivity contribution in [3.8, 4) is 0 Å². The first-order chi connectivity index (χ1) is 9.15. The van der Waals surface area contributed by atoms with Gasteiger partial charge in [-0.25, -0.2) is 9.97 Å². The summed E-state index contributed by atoms with van der Waals surface area (Å²) in [5, 5.41) is 3.74. The summed E-state index contributed by atoms with van der Waals surface area (Å²) in [5.74, 6) is 1.50. The maximum absolute atomic E-state index is 11.9. The van der Waals surface area contributed by atoms with Gasteiger partial charge in [0.25, 0.3) is 0 Å². The number of nitrogens with two attached hydrogens (primary N) is 2. The van der Waals surface area contributed by atoms with E-state index in [-0.39, 0.29) is 5.91 Å². The Morgan fingerprint density at radius 3 is 2.58 bits per heavy atom. The SMILES string of the molecule is Nc1cc(N)nc(SCCC(=O)N2CCNCC2)n1. The quantitative estimate of drug-likeness (QED) is 0.507. The molecular weight excluding hydrogens is 264 g/mol. The largest absolute Gasteiger partial charge is 0.383 e. The van der Waals surface area contributed by atoms with Crippen LogP contribution in [0.15, 0.2) is 11.2 Å². The van der Waals surface area contributed by atoms with Gasteiger partial charge < -0.3 is 21.7 Å². The van der Waals surface area contributed by atoms with Crippen LogP contribution >= 0.6 is 11.8 Å². The van der Waals surface area contributed by atoms with Gasteiger partial charge in [-0.05, 0) is 0 Å². The Labute approximate surface area is 116 Å². The summed E-state index contributed by atoms with van der Waals surface area (Å²) < 4.78 is 0. The maximum Gasteiger partial charge on any atom is 0.223 e. The van der Waals surface area contributed by atoms with E-state index in [4.69, 9.17) is 11.5 Å². The van der Waals surface area contributed by atoms with E-state index < -0.39 is 0 Å². The molecule has 0 unspecified atom stereocenters. The van der Waals surface area contributed by atoms with Gasteiger partial charge in [0, 0.05) is 44.4 Å². The zero-order valence-corrected chi connectivity index (χ0v) is 11.4. The van der Waals surface area contributed by atoms with Crippen LogP contribution in [-0.4, -0.2) is 52.7 Å². The van der Waals surface area contributed by atoms with Crippen molar-refractivity contribution in [2.45, 2.75) is 11.6 Å². The highest BCUT2D eigenvalue weighted by molar-refractivity contribution is 7.99. The monoisotopic (exact) mass is 282 g/mol. The third kappa shape index (κ3) is 4.25.